The maximum atomic E-state index is 2.53. The molecule has 0 amide bonds. The normalized spacial score (nSPS) is 13.5. The lowest BCUT2D eigenvalue weighted by molar-refractivity contribution is 0.718. The summed E-state index contributed by atoms with van der Waals surface area (Å²) in [6.45, 7) is 2.29. The van der Waals surface area contributed by atoms with Gasteiger partial charge in [0.1, 0.15) is 0 Å². The molecular weight excluding hydrogens is 1020 g/mol. The van der Waals surface area contributed by atoms with Crippen molar-refractivity contribution in [3.63, 3.8) is 0 Å². The van der Waals surface area contributed by atoms with E-state index in [-0.39, 0.29) is 0 Å². The maximum Gasteiger partial charge on any atom is 0.0714 e. The second kappa shape index (κ2) is 22.4. The molecule has 2 aliphatic carbocycles. The summed E-state index contributed by atoms with van der Waals surface area (Å²) in [4.78, 5) is 2.48. The molecule has 1 aromatic heterocycles. The molecule has 0 bridgehead atoms. The van der Waals surface area contributed by atoms with Gasteiger partial charge in [0.25, 0.3) is 0 Å². The number of hydrogen-bond donors (Lipinski definition) is 0. The van der Waals surface area contributed by atoms with Crippen LogP contribution >= 0.6 is 0 Å². The Labute approximate surface area is 501 Å². The number of aryl methyl sites for hydroxylation is 1. The molecule has 1 heterocycles. The summed E-state index contributed by atoms with van der Waals surface area (Å²) in [6.07, 6.45) is 10.2. The molecule has 0 unspecified atom stereocenters. The van der Waals surface area contributed by atoms with Crippen molar-refractivity contribution in [1.82, 2.24) is 4.57 Å². The average molecular weight is 1090 g/mol. The largest absolute Gasteiger partial charge is 0.310 e. The van der Waals surface area contributed by atoms with Crippen LogP contribution in [0, 0.1) is 0 Å². The smallest absolute Gasteiger partial charge is 0.0714 e. The second-order valence-corrected chi connectivity index (χ2v) is 23.6. The van der Waals surface area contributed by atoms with E-state index in [1.54, 1.807) is 0 Å². The van der Waals surface area contributed by atoms with Crippen LogP contribution in [0.3, 0.4) is 0 Å². The number of rotatable bonds is 15. The highest BCUT2D eigenvalue weighted by molar-refractivity contribution is 6.10. The molecule has 0 spiro atoms. The fourth-order valence-corrected chi connectivity index (χ4v) is 14.5. The topological polar surface area (TPSA) is 8.17 Å². The van der Waals surface area contributed by atoms with Gasteiger partial charge in [-0.2, -0.15) is 0 Å². The third kappa shape index (κ3) is 9.38. The van der Waals surface area contributed by atoms with E-state index in [1.165, 1.54) is 150 Å². The summed E-state index contributed by atoms with van der Waals surface area (Å²) < 4.78 is 2.49. The van der Waals surface area contributed by atoms with Crippen molar-refractivity contribution < 1.29 is 0 Å². The lowest BCUT2D eigenvalue weighted by Crippen LogP contribution is -2.28. The molecule has 0 saturated heterocycles. The van der Waals surface area contributed by atoms with E-state index < -0.39 is 5.41 Å². The van der Waals surface area contributed by atoms with E-state index in [0.717, 1.165) is 34.6 Å². The predicted molar refractivity (Wildman–Crippen MR) is 359 cm³/mol. The maximum absolute atomic E-state index is 2.53. The van der Waals surface area contributed by atoms with Crippen LogP contribution in [0.2, 0.25) is 0 Å². The third-order valence-electron chi connectivity index (χ3n) is 18.7. The number of anilines is 3. The van der Waals surface area contributed by atoms with Crippen LogP contribution in [0.5, 0.6) is 0 Å². The van der Waals surface area contributed by atoms with Gasteiger partial charge in [-0.1, -0.05) is 251 Å². The first-order valence-corrected chi connectivity index (χ1v) is 30.9. The number of benzene rings is 12. The van der Waals surface area contributed by atoms with Gasteiger partial charge in [-0.3, -0.25) is 0 Å². The lowest BCUT2D eigenvalue weighted by Gasteiger charge is -2.35. The van der Waals surface area contributed by atoms with Gasteiger partial charge >= 0.3 is 0 Å². The van der Waals surface area contributed by atoms with Crippen molar-refractivity contribution in [2.24, 2.45) is 0 Å². The van der Waals surface area contributed by atoms with Gasteiger partial charge in [0.2, 0.25) is 0 Å². The highest BCUT2D eigenvalue weighted by Gasteiger charge is 2.46. The van der Waals surface area contributed by atoms with E-state index in [0.29, 0.717) is 5.92 Å². The summed E-state index contributed by atoms with van der Waals surface area (Å²) in [5.41, 5.74) is 26.5. The van der Waals surface area contributed by atoms with Gasteiger partial charge in [-0.05, 0) is 188 Å². The number of hydrogen-bond acceptors (Lipinski definition) is 1. The van der Waals surface area contributed by atoms with Crippen molar-refractivity contribution in [1.29, 1.82) is 0 Å². The van der Waals surface area contributed by atoms with E-state index in [4.69, 9.17) is 0 Å². The van der Waals surface area contributed by atoms with Crippen LogP contribution in [0.4, 0.5) is 17.1 Å². The van der Waals surface area contributed by atoms with Crippen molar-refractivity contribution in [2.75, 3.05) is 4.90 Å². The molecule has 0 radical (unpaired) electrons. The standard InChI is InChI=1S/C83H68N2/c1-2-3-7-21-58-36-52-81-76(54-58)77-56-66(60-24-14-15-25-60)45-53-82(77)85(81)71-48-43-64(44-49-71)62-39-37-61(38-40-62)63-41-46-70(47-42-63)84(80-35-19-17-32-73(80)67-27-20-26-65(55-67)59-22-8-4-9-23-59)72-50-51-75-74-33-16-18-34-78(74)83(79(75)57-72,68-28-10-5-11-29-68)69-30-12-6-13-31-69/h4-6,8-13,16-20,22-23,26-57,60H,2-3,7,14-15,21,24-25H2,1H3. The summed E-state index contributed by atoms with van der Waals surface area (Å²) >= 11 is 0. The third-order valence-corrected chi connectivity index (χ3v) is 18.7. The van der Waals surface area contributed by atoms with Gasteiger partial charge in [-0.15, -0.1) is 0 Å². The number of para-hydroxylation sites is 1. The quantitative estimate of drug-likeness (QED) is 0.0929. The number of nitrogens with zero attached hydrogens (tertiary/aromatic N) is 2. The number of aromatic nitrogens is 1. The Morgan fingerprint density at radius 3 is 1.60 bits per heavy atom. The Bertz CT molecular complexity index is 4470. The van der Waals surface area contributed by atoms with E-state index in [2.05, 4.69) is 308 Å². The second-order valence-electron chi connectivity index (χ2n) is 23.6. The first-order valence-electron chi connectivity index (χ1n) is 30.9. The van der Waals surface area contributed by atoms with Crippen LogP contribution in [-0.2, 0) is 11.8 Å². The highest BCUT2D eigenvalue weighted by atomic mass is 15.1. The monoisotopic (exact) mass is 1090 g/mol. The Morgan fingerprint density at radius 2 is 0.918 bits per heavy atom. The minimum absolute atomic E-state index is 0.541. The molecule has 1 saturated carbocycles. The van der Waals surface area contributed by atoms with Gasteiger partial charge in [0, 0.05) is 33.4 Å². The van der Waals surface area contributed by atoms with Crippen molar-refractivity contribution in [3.05, 3.63) is 325 Å². The molecule has 2 heteroatoms. The van der Waals surface area contributed by atoms with Crippen LogP contribution in [0.25, 0.3) is 83.1 Å². The number of unbranched alkanes of at least 4 members (excludes halogenated alkanes) is 2. The van der Waals surface area contributed by atoms with Gasteiger partial charge in [0.15, 0.2) is 0 Å². The molecule has 85 heavy (non-hydrogen) atoms. The van der Waals surface area contributed by atoms with E-state index in [9.17, 15) is 0 Å². The molecule has 0 N–H and O–H groups in total. The van der Waals surface area contributed by atoms with Crippen LogP contribution in [0.1, 0.15) is 91.2 Å². The highest BCUT2D eigenvalue weighted by Crippen LogP contribution is 2.57. The van der Waals surface area contributed by atoms with Crippen LogP contribution in [-0.4, -0.2) is 4.57 Å². The lowest BCUT2D eigenvalue weighted by atomic mass is 9.67. The zero-order valence-electron chi connectivity index (χ0n) is 48.3. The predicted octanol–water partition coefficient (Wildman–Crippen LogP) is 22.7. The molecule has 13 aromatic rings. The van der Waals surface area contributed by atoms with Crippen molar-refractivity contribution in [2.45, 2.75) is 69.6 Å². The fraction of sp³-hybridized carbons (Fsp3) is 0.133. The SMILES string of the molecule is CCCCCc1ccc2c(c1)c1cc(C3CCCC3)ccc1n2-c1ccc(-c2ccc(-c3ccc(N(c4ccc5c(c4)C(c4ccccc4)(c4ccccc4)c4ccccc4-5)c4ccccc4-c4cccc(-c5ccccc5)c4)cc3)cc2)cc1. The molecule has 1 fully saturated rings. The Morgan fingerprint density at radius 1 is 0.388 bits per heavy atom. The zero-order valence-corrected chi connectivity index (χ0v) is 48.3. The van der Waals surface area contributed by atoms with Crippen molar-refractivity contribution >= 4 is 38.9 Å². The molecule has 0 aliphatic heterocycles. The molecule has 0 atom stereocenters. The van der Waals surface area contributed by atoms with Crippen LogP contribution in [0.15, 0.2) is 291 Å². The Hall–Kier alpha value is -9.76. The Balaban J connectivity index is 0.790. The molecule has 2 aliphatic rings. The summed E-state index contributed by atoms with van der Waals surface area (Å²) in [7, 11) is 0. The summed E-state index contributed by atoms with van der Waals surface area (Å²) in [5.74, 6) is 0.678. The van der Waals surface area contributed by atoms with E-state index >= 15 is 0 Å². The molecule has 12 aromatic carbocycles. The molecule has 410 valence electrons. The molecule has 15 rings (SSSR count). The number of fused-ring (bicyclic) bond motifs is 6. The zero-order chi connectivity index (χ0) is 56.7. The summed E-state index contributed by atoms with van der Waals surface area (Å²) in [6, 6.07) is 109. The van der Waals surface area contributed by atoms with Gasteiger partial charge in [-0.25, -0.2) is 0 Å². The Kier molecular flexibility index (Phi) is 13.7. The van der Waals surface area contributed by atoms with Gasteiger partial charge in [0.05, 0.1) is 22.1 Å². The van der Waals surface area contributed by atoms with Crippen LogP contribution < -0.4 is 4.90 Å². The minimum atomic E-state index is -0.541. The first-order chi connectivity index (χ1) is 42.1. The van der Waals surface area contributed by atoms with Gasteiger partial charge < -0.3 is 9.47 Å². The fourth-order valence-electron chi connectivity index (χ4n) is 14.5. The average Bonchev–Trinajstić information content (AvgIpc) is 1.69. The molecule has 2 nitrogen and oxygen atoms in total. The van der Waals surface area contributed by atoms with E-state index in [1.807, 2.05) is 0 Å². The minimum Gasteiger partial charge on any atom is -0.310 e. The molecular formula is C83H68N2. The summed E-state index contributed by atoms with van der Waals surface area (Å²) in [5, 5.41) is 2.76. The van der Waals surface area contributed by atoms with Crippen molar-refractivity contribution in [3.8, 4) is 61.3 Å². The first kappa shape index (κ1) is 52.1.